The van der Waals surface area contributed by atoms with E-state index in [1.807, 2.05) is 12.1 Å². The van der Waals surface area contributed by atoms with E-state index in [9.17, 15) is 0 Å². The van der Waals surface area contributed by atoms with E-state index in [4.69, 9.17) is 19.9 Å². The Morgan fingerprint density at radius 3 is 1.63 bits per heavy atom. The van der Waals surface area contributed by atoms with Crippen LogP contribution in [0, 0.1) is 0 Å². The molecule has 0 saturated carbocycles. The summed E-state index contributed by atoms with van der Waals surface area (Å²) in [6.07, 6.45) is 0. The molecular weight excluding hydrogens is 847 g/mol. The third kappa shape index (κ3) is 6.94. The van der Waals surface area contributed by atoms with Gasteiger partial charge in [-0.1, -0.05) is 188 Å². The first-order valence-corrected chi connectivity index (χ1v) is 23.6. The topological polar surface area (TPSA) is 56.5 Å². The zero-order valence-electron chi connectivity index (χ0n) is 36.7. The van der Waals surface area contributed by atoms with Gasteiger partial charge in [0.1, 0.15) is 0 Å². The number of hydrogen-bond acceptors (Lipinski definition) is 5. The Bertz CT molecular complexity index is 3950. The molecule has 0 aliphatic rings. The van der Waals surface area contributed by atoms with Crippen molar-refractivity contribution in [2.24, 2.45) is 0 Å². The van der Waals surface area contributed by atoms with Gasteiger partial charge in [0.2, 0.25) is 0 Å². The number of aromatic nitrogens is 5. The summed E-state index contributed by atoms with van der Waals surface area (Å²) >= 11 is 1.75. The molecule has 9 aromatic carbocycles. The number of benzene rings is 9. The van der Waals surface area contributed by atoms with Crippen LogP contribution in [0.25, 0.3) is 127 Å². The molecule has 13 aromatic rings. The van der Waals surface area contributed by atoms with Crippen LogP contribution in [0.1, 0.15) is 0 Å². The Morgan fingerprint density at radius 1 is 0.338 bits per heavy atom. The van der Waals surface area contributed by atoms with E-state index >= 15 is 0 Å². The van der Waals surface area contributed by atoms with Crippen molar-refractivity contribution >= 4 is 53.4 Å². The molecule has 0 aliphatic heterocycles. The van der Waals surface area contributed by atoms with Gasteiger partial charge < -0.3 is 4.57 Å². The molecule has 0 fully saturated rings. The lowest BCUT2D eigenvalue weighted by Crippen LogP contribution is -1.97. The third-order valence-electron chi connectivity index (χ3n) is 12.8. The van der Waals surface area contributed by atoms with Gasteiger partial charge in [-0.3, -0.25) is 0 Å². The van der Waals surface area contributed by atoms with Gasteiger partial charge in [-0.2, -0.15) is 0 Å². The van der Waals surface area contributed by atoms with Crippen molar-refractivity contribution in [2.75, 3.05) is 0 Å². The third-order valence-corrected chi connectivity index (χ3v) is 14.0. The normalized spacial score (nSPS) is 11.5. The summed E-state index contributed by atoms with van der Waals surface area (Å²) < 4.78 is 4.69. The van der Waals surface area contributed by atoms with Crippen molar-refractivity contribution in [3.63, 3.8) is 0 Å². The Kier molecular flexibility index (Phi) is 9.62. The Hall–Kier alpha value is -8.84. The molecule has 6 heteroatoms. The summed E-state index contributed by atoms with van der Waals surface area (Å²) in [4.78, 5) is 21.1. The fourth-order valence-electron chi connectivity index (χ4n) is 9.61. The van der Waals surface area contributed by atoms with Gasteiger partial charge in [-0.25, -0.2) is 19.9 Å². The van der Waals surface area contributed by atoms with Crippen LogP contribution in [-0.2, 0) is 0 Å². The van der Waals surface area contributed by atoms with Crippen LogP contribution in [0.15, 0.2) is 237 Å². The summed E-state index contributed by atoms with van der Waals surface area (Å²) in [5.74, 6) is 1.37. The molecule has 0 saturated heterocycles. The summed E-state index contributed by atoms with van der Waals surface area (Å²) in [6, 6.07) is 83.3. The van der Waals surface area contributed by atoms with Crippen LogP contribution in [0.3, 0.4) is 0 Å². The first-order chi connectivity index (χ1) is 33.7. The highest BCUT2D eigenvalue weighted by atomic mass is 32.1. The van der Waals surface area contributed by atoms with E-state index in [0.717, 1.165) is 99.3 Å². The molecule has 5 nitrogen and oxygen atoms in total. The predicted molar refractivity (Wildman–Crippen MR) is 283 cm³/mol. The van der Waals surface area contributed by atoms with Gasteiger partial charge in [0.15, 0.2) is 11.6 Å². The average Bonchev–Trinajstić information content (AvgIpc) is 3.97. The maximum Gasteiger partial charge on any atom is 0.160 e. The maximum absolute atomic E-state index is 5.34. The van der Waals surface area contributed by atoms with E-state index in [2.05, 4.69) is 229 Å². The molecule has 0 N–H and O–H groups in total. The SMILES string of the molecule is c1ccc(-c2ccc3c(c2)c2c(-c4cccc(-c5nc(-c6ccccc6)cc(-c6ccccc6)n5)c4)cccc2n3-c2cccc(-c3nc(-c4ccccc4)c4sc5ccccc5c4n3)c2)cc1. The van der Waals surface area contributed by atoms with Crippen LogP contribution in [0.2, 0.25) is 0 Å². The molecule has 0 bridgehead atoms. The molecule has 0 atom stereocenters. The molecule has 68 heavy (non-hydrogen) atoms. The van der Waals surface area contributed by atoms with Gasteiger partial charge in [0, 0.05) is 54.4 Å². The van der Waals surface area contributed by atoms with Crippen LogP contribution in [-0.4, -0.2) is 24.5 Å². The zero-order valence-corrected chi connectivity index (χ0v) is 37.5. The molecule has 4 aromatic heterocycles. The lowest BCUT2D eigenvalue weighted by molar-refractivity contribution is 1.17. The van der Waals surface area contributed by atoms with Crippen LogP contribution in [0.4, 0.5) is 0 Å². The minimum Gasteiger partial charge on any atom is -0.309 e. The van der Waals surface area contributed by atoms with Crippen molar-refractivity contribution in [2.45, 2.75) is 0 Å². The van der Waals surface area contributed by atoms with E-state index in [1.54, 1.807) is 11.3 Å². The largest absolute Gasteiger partial charge is 0.309 e. The minimum absolute atomic E-state index is 0.677. The molecule has 318 valence electrons. The molecule has 0 spiro atoms. The first kappa shape index (κ1) is 39.5. The fourth-order valence-corrected chi connectivity index (χ4v) is 10.8. The van der Waals surface area contributed by atoms with Crippen LogP contribution < -0.4 is 0 Å². The highest BCUT2D eigenvalue weighted by molar-refractivity contribution is 7.26. The number of rotatable bonds is 8. The first-order valence-electron chi connectivity index (χ1n) is 22.8. The van der Waals surface area contributed by atoms with Crippen molar-refractivity contribution < 1.29 is 0 Å². The minimum atomic E-state index is 0.677. The lowest BCUT2D eigenvalue weighted by Gasteiger charge is -2.12. The zero-order chi connectivity index (χ0) is 45.0. The Morgan fingerprint density at radius 2 is 0.912 bits per heavy atom. The molecule has 13 rings (SSSR count). The molecular formula is C62H39N5S. The van der Waals surface area contributed by atoms with Crippen molar-refractivity contribution in [1.29, 1.82) is 0 Å². The molecule has 0 amide bonds. The monoisotopic (exact) mass is 885 g/mol. The molecule has 0 unspecified atom stereocenters. The number of hydrogen-bond donors (Lipinski definition) is 0. The quantitative estimate of drug-likeness (QED) is 0.153. The van der Waals surface area contributed by atoms with E-state index in [1.165, 1.54) is 15.6 Å². The highest BCUT2D eigenvalue weighted by Crippen LogP contribution is 2.43. The van der Waals surface area contributed by atoms with E-state index < -0.39 is 0 Å². The average molecular weight is 886 g/mol. The van der Waals surface area contributed by atoms with Crippen molar-refractivity contribution in [1.82, 2.24) is 24.5 Å². The number of nitrogens with zero attached hydrogens (tertiary/aromatic N) is 5. The van der Waals surface area contributed by atoms with Crippen LogP contribution >= 0.6 is 11.3 Å². The summed E-state index contributed by atoms with van der Waals surface area (Å²) in [7, 11) is 0. The van der Waals surface area contributed by atoms with Gasteiger partial charge in [0.05, 0.1) is 38.3 Å². The van der Waals surface area contributed by atoms with E-state index in [-0.39, 0.29) is 0 Å². The lowest BCUT2D eigenvalue weighted by atomic mass is 9.96. The molecule has 0 radical (unpaired) electrons. The Labute approximate surface area is 397 Å². The summed E-state index contributed by atoms with van der Waals surface area (Å²) in [6.45, 7) is 0. The second-order valence-electron chi connectivity index (χ2n) is 17.0. The standard InChI is InChI=1S/C62H39N5S/c1-5-18-40(19-6-1)44-34-35-54-51(38-44)57-49(45-26-15-27-46(36-45)61-63-52(41-20-7-2-8-21-41)39-53(64-61)42-22-9-3-10-23-42)31-17-32-55(57)67(54)48-29-16-28-47(37-48)62-65-58(43-24-11-4-12-25-43)60-59(66-62)50-30-13-14-33-56(50)68-60/h1-39H. The molecule has 4 heterocycles. The number of thiophene rings is 1. The number of fused-ring (bicyclic) bond motifs is 6. The summed E-state index contributed by atoms with van der Waals surface area (Å²) in [5, 5.41) is 3.47. The Balaban J connectivity index is 1.000. The second-order valence-corrected chi connectivity index (χ2v) is 18.0. The second kappa shape index (κ2) is 16.5. The van der Waals surface area contributed by atoms with Crippen molar-refractivity contribution in [3.8, 4) is 84.5 Å². The van der Waals surface area contributed by atoms with Gasteiger partial charge in [-0.05, 0) is 70.8 Å². The van der Waals surface area contributed by atoms with Gasteiger partial charge >= 0.3 is 0 Å². The molecule has 0 aliphatic carbocycles. The smallest absolute Gasteiger partial charge is 0.160 e. The highest BCUT2D eigenvalue weighted by Gasteiger charge is 2.21. The van der Waals surface area contributed by atoms with Crippen LogP contribution in [0.5, 0.6) is 0 Å². The predicted octanol–water partition coefficient (Wildman–Crippen LogP) is 16.4. The maximum atomic E-state index is 5.34. The summed E-state index contributed by atoms with van der Waals surface area (Å²) in [5.41, 5.74) is 16.5. The van der Waals surface area contributed by atoms with Gasteiger partial charge in [0.25, 0.3) is 0 Å². The fraction of sp³-hybridized carbons (Fsp3) is 0. The van der Waals surface area contributed by atoms with E-state index in [0.29, 0.717) is 11.6 Å². The van der Waals surface area contributed by atoms with Crippen molar-refractivity contribution in [3.05, 3.63) is 237 Å². The van der Waals surface area contributed by atoms with Gasteiger partial charge in [-0.15, -0.1) is 11.3 Å².